The van der Waals surface area contributed by atoms with Crippen molar-refractivity contribution in [2.75, 3.05) is 13.2 Å². The van der Waals surface area contributed by atoms with Gasteiger partial charge in [0.1, 0.15) is 0 Å². The highest BCUT2D eigenvalue weighted by Gasteiger charge is 2.14. The molecule has 2 aromatic rings. The van der Waals surface area contributed by atoms with Crippen molar-refractivity contribution >= 4 is 39.4 Å². The van der Waals surface area contributed by atoms with Crippen LogP contribution in [-0.2, 0) is 10.0 Å². The van der Waals surface area contributed by atoms with Crippen molar-refractivity contribution in [1.29, 1.82) is 0 Å². The van der Waals surface area contributed by atoms with E-state index < -0.39 is 10.0 Å². The second-order valence-electron chi connectivity index (χ2n) is 5.42. The van der Waals surface area contributed by atoms with Crippen LogP contribution in [0.2, 0.25) is 10.0 Å². The van der Waals surface area contributed by atoms with Gasteiger partial charge in [-0.1, -0.05) is 30.1 Å². The zero-order valence-electron chi connectivity index (χ0n) is 14.9. The first-order chi connectivity index (χ1) is 12.9. The van der Waals surface area contributed by atoms with Crippen molar-refractivity contribution in [2.45, 2.75) is 25.2 Å². The number of halogens is 2. The van der Waals surface area contributed by atoms with E-state index in [1.54, 1.807) is 12.1 Å². The van der Waals surface area contributed by atoms with E-state index in [-0.39, 0.29) is 4.90 Å². The summed E-state index contributed by atoms with van der Waals surface area (Å²) in [4.78, 5) is 2.20. The fourth-order valence-corrected chi connectivity index (χ4v) is 3.30. The van der Waals surface area contributed by atoms with Gasteiger partial charge in [0.15, 0.2) is 11.5 Å². The van der Waals surface area contributed by atoms with E-state index in [1.807, 2.05) is 13.8 Å². The molecule has 0 amide bonds. The molecule has 0 heterocycles. The lowest BCUT2D eigenvalue weighted by Crippen LogP contribution is -2.18. The Hall–Kier alpha value is -1.96. The summed E-state index contributed by atoms with van der Waals surface area (Å²) in [5.41, 5.74) is 0.561. The zero-order valence-corrected chi connectivity index (χ0v) is 17.2. The van der Waals surface area contributed by atoms with Gasteiger partial charge < -0.3 is 9.47 Å². The van der Waals surface area contributed by atoms with Gasteiger partial charge in [0.25, 0.3) is 10.0 Å². The van der Waals surface area contributed by atoms with Crippen molar-refractivity contribution in [3.05, 3.63) is 52.0 Å². The Morgan fingerprint density at radius 1 is 1.11 bits per heavy atom. The van der Waals surface area contributed by atoms with Crippen LogP contribution in [0.3, 0.4) is 0 Å². The minimum Gasteiger partial charge on any atom is -0.490 e. The van der Waals surface area contributed by atoms with Crippen LogP contribution in [0.15, 0.2) is 46.4 Å². The number of rotatable bonds is 9. The SMILES string of the molecule is CCCOc1c(Cl)cc(/C=N/NS(=O)(=O)c2ccc(Cl)cc2)cc1OCC. The van der Waals surface area contributed by atoms with Crippen LogP contribution in [0, 0.1) is 0 Å². The van der Waals surface area contributed by atoms with Gasteiger partial charge in [-0.15, -0.1) is 0 Å². The number of hydrazone groups is 1. The van der Waals surface area contributed by atoms with E-state index in [2.05, 4.69) is 9.93 Å². The van der Waals surface area contributed by atoms with Gasteiger partial charge in [-0.25, -0.2) is 4.83 Å². The van der Waals surface area contributed by atoms with Crippen LogP contribution in [0.5, 0.6) is 11.5 Å². The van der Waals surface area contributed by atoms with E-state index in [4.69, 9.17) is 32.7 Å². The molecule has 0 unspecified atom stereocenters. The third-order valence-electron chi connectivity index (χ3n) is 3.29. The molecular formula is C18H20Cl2N2O4S. The first kappa shape index (κ1) is 21.3. The van der Waals surface area contributed by atoms with Gasteiger partial charge >= 0.3 is 0 Å². The molecule has 6 nitrogen and oxygen atoms in total. The maximum atomic E-state index is 12.2. The van der Waals surface area contributed by atoms with Gasteiger partial charge in [-0.2, -0.15) is 13.5 Å². The summed E-state index contributed by atoms with van der Waals surface area (Å²) in [6, 6.07) is 9.07. The van der Waals surface area contributed by atoms with Crippen molar-refractivity contribution in [1.82, 2.24) is 4.83 Å². The second kappa shape index (κ2) is 9.82. The van der Waals surface area contributed by atoms with E-state index in [9.17, 15) is 8.42 Å². The molecule has 2 rings (SSSR count). The fourth-order valence-electron chi connectivity index (χ4n) is 2.11. The number of nitrogens with one attached hydrogen (secondary N) is 1. The number of nitrogens with zero attached hydrogens (tertiary/aromatic N) is 1. The van der Waals surface area contributed by atoms with Crippen LogP contribution in [-0.4, -0.2) is 27.8 Å². The van der Waals surface area contributed by atoms with Gasteiger partial charge in [0.2, 0.25) is 0 Å². The van der Waals surface area contributed by atoms with Crippen molar-refractivity contribution in [3.63, 3.8) is 0 Å². The molecule has 0 saturated carbocycles. The highest BCUT2D eigenvalue weighted by molar-refractivity contribution is 7.89. The number of hydrogen-bond acceptors (Lipinski definition) is 5. The Morgan fingerprint density at radius 3 is 2.44 bits per heavy atom. The molecule has 0 saturated heterocycles. The zero-order chi connectivity index (χ0) is 19.9. The fraction of sp³-hybridized carbons (Fsp3) is 0.278. The molecule has 0 aliphatic heterocycles. The van der Waals surface area contributed by atoms with Gasteiger partial charge in [-0.05, 0) is 55.3 Å². The molecule has 9 heteroatoms. The maximum absolute atomic E-state index is 12.2. The van der Waals surface area contributed by atoms with Gasteiger partial charge in [0.05, 0.1) is 29.3 Å². The van der Waals surface area contributed by atoms with Crippen LogP contribution in [0.25, 0.3) is 0 Å². The molecule has 0 aliphatic carbocycles. The summed E-state index contributed by atoms with van der Waals surface area (Å²) < 4.78 is 35.6. The van der Waals surface area contributed by atoms with Crippen molar-refractivity contribution < 1.29 is 17.9 Å². The lowest BCUT2D eigenvalue weighted by Gasteiger charge is -2.13. The molecule has 0 aromatic heterocycles. The first-order valence-electron chi connectivity index (χ1n) is 8.27. The minimum absolute atomic E-state index is 0.0559. The standard InChI is InChI=1S/C18H20Cl2N2O4S/c1-3-9-26-18-16(20)10-13(11-17(18)25-4-2)12-21-22-27(23,24)15-7-5-14(19)6-8-15/h5-8,10-12,22H,3-4,9H2,1-2H3/b21-12+. The topological polar surface area (TPSA) is 77.0 Å². The largest absolute Gasteiger partial charge is 0.490 e. The molecule has 0 aliphatic rings. The van der Waals surface area contributed by atoms with E-state index >= 15 is 0 Å². The third-order valence-corrected chi connectivity index (χ3v) is 5.06. The Bertz CT molecular complexity index is 900. The highest BCUT2D eigenvalue weighted by Crippen LogP contribution is 2.36. The summed E-state index contributed by atoms with van der Waals surface area (Å²) >= 11 is 12.0. The Kier molecular flexibility index (Phi) is 7.77. The molecule has 146 valence electrons. The van der Waals surface area contributed by atoms with Crippen LogP contribution in [0.1, 0.15) is 25.8 Å². The van der Waals surface area contributed by atoms with Crippen LogP contribution in [0.4, 0.5) is 0 Å². The number of benzene rings is 2. The smallest absolute Gasteiger partial charge is 0.276 e. The number of sulfonamides is 1. The second-order valence-corrected chi connectivity index (χ2v) is 7.92. The predicted octanol–water partition coefficient (Wildman–Crippen LogP) is 4.49. The van der Waals surface area contributed by atoms with E-state index in [1.165, 1.54) is 30.5 Å². The monoisotopic (exact) mass is 430 g/mol. The van der Waals surface area contributed by atoms with Gasteiger partial charge in [0, 0.05) is 5.02 Å². The molecule has 2 aromatic carbocycles. The third kappa shape index (κ3) is 6.02. The van der Waals surface area contributed by atoms with E-state index in [0.29, 0.717) is 40.3 Å². The lowest BCUT2D eigenvalue weighted by atomic mass is 10.2. The lowest BCUT2D eigenvalue weighted by molar-refractivity contribution is 0.277. The molecule has 0 atom stereocenters. The average Bonchev–Trinajstić information content (AvgIpc) is 2.61. The number of hydrogen-bond donors (Lipinski definition) is 1. The molecule has 0 fully saturated rings. The molecule has 0 radical (unpaired) electrons. The minimum atomic E-state index is -3.79. The first-order valence-corrected chi connectivity index (χ1v) is 10.5. The van der Waals surface area contributed by atoms with E-state index in [0.717, 1.165) is 6.42 Å². The van der Waals surface area contributed by atoms with Gasteiger partial charge in [-0.3, -0.25) is 0 Å². The summed E-state index contributed by atoms with van der Waals surface area (Å²) in [5, 5.41) is 4.60. The summed E-state index contributed by atoms with van der Waals surface area (Å²) in [5.74, 6) is 0.930. The summed E-state index contributed by atoms with van der Waals surface area (Å²) in [6.45, 7) is 4.78. The van der Waals surface area contributed by atoms with Crippen molar-refractivity contribution in [3.8, 4) is 11.5 Å². The molecule has 0 bridgehead atoms. The molecule has 27 heavy (non-hydrogen) atoms. The highest BCUT2D eigenvalue weighted by atomic mass is 35.5. The summed E-state index contributed by atoms with van der Waals surface area (Å²) in [7, 11) is -3.79. The maximum Gasteiger partial charge on any atom is 0.276 e. The summed E-state index contributed by atoms with van der Waals surface area (Å²) in [6.07, 6.45) is 2.17. The number of ether oxygens (including phenoxy) is 2. The van der Waals surface area contributed by atoms with Crippen molar-refractivity contribution in [2.24, 2.45) is 5.10 Å². The quantitative estimate of drug-likeness (QED) is 0.469. The average molecular weight is 431 g/mol. The normalized spacial score (nSPS) is 11.6. The molecule has 1 N–H and O–H groups in total. The Morgan fingerprint density at radius 2 is 1.81 bits per heavy atom. The van der Waals surface area contributed by atoms with Crippen LogP contribution >= 0.6 is 23.2 Å². The predicted molar refractivity (Wildman–Crippen MR) is 108 cm³/mol. The molecule has 0 spiro atoms. The Balaban J connectivity index is 2.19. The molecular weight excluding hydrogens is 411 g/mol. The van der Waals surface area contributed by atoms with Crippen LogP contribution < -0.4 is 14.3 Å². The Labute approximate surface area is 169 Å².